The number of fused-ring (bicyclic) bond motifs is 3. The Kier molecular flexibility index (Phi) is 3.87. The third kappa shape index (κ3) is 3.01. The molecule has 1 N–H and O–H groups in total. The van der Waals surface area contributed by atoms with Gasteiger partial charge in [0.05, 0.1) is 6.20 Å². The standard InChI is InChI=1S/C17H18FN3OS/c18-13-3-1-12(2-4-13)17-19-9-15(23-17)16(22)20-14-10-21-7-5-11(14)6-8-21/h1-4,9,11,14H,5-8,10H2,(H,20,22)/t14-/m1/s1. The van der Waals surface area contributed by atoms with Crippen LogP contribution in [0.4, 0.5) is 4.39 Å². The molecule has 5 rings (SSSR count). The smallest absolute Gasteiger partial charge is 0.263 e. The van der Waals surface area contributed by atoms with Crippen LogP contribution < -0.4 is 5.32 Å². The minimum absolute atomic E-state index is 0.0467. The molecule has 6 heteroatoms. The number of carbonyl (C=O) groups is 1. The molecular formula is C17H18FN3OS. The van der Waals surface area contributed by atoms with Gasteiger partial charge < -0.3 is 10.2 Å². The van der Waals surface area contributed by atoms with Crippen LogP contribution in [-0.2, 0) is 0 Å². The number of aromatic nitrogens is 1. The van der Waals surface area contributed by atoms with E-state index in [1.54, 1.807) is 18.3 Å². The van der Waals surface area contributed by atoms with E-state index >= 15 is 0 Å². The molecule has 1 amide bonds. The highest BCUT2D eigenvalue weighted by molar-refractivity contribution is 7.16. The van der Waals surface area contributed by atoms with Crippen LogP contribution in [0.2, 0.25) is 0 Å². The molecule has 0 aliphatic carbocycles. The summed E-state index contributed by atoms with van der Waals surface area (Å²) >= 11 is 1.35. The van der Waals surface area contributed by atoms with Crippen molar-refractivity contribution in [1.29, 1.82) is 0 Å². The lowest BCUT2D eigenvalue weighted by Crippen LogP contribution is -2.57. The predicted molar refractivity (Wildman–Crippen MR) is 87.9 cm³/mol. The summed E-state index contributed by atoms with van der Waals surface area (Å²) in [6.07, 6.45) is 3.96. The summed E-state index contributed by atoms with van der Waals surface area (Å²) in [5.74, 6) is 0.286. The number of nitrogens with one attached hydrogen (secondary N) is 1. The Bertz CT molecular complexity index is 707. The third-order valence-corrected chi connectivity index (χ3v) is 5.84. The van der Waals surface area contributed by atoms with E-state index in [2.05, 4.69) is 15.2 Å². The molecular weight excluding hydrogens is 313 g/mol. The first-order valence-electron chi connectivity index (χ1n) is 7.94. The SMILES string of the molecule is O=C(N[C@@H]1CN2CCC1CC2)c1cnc(-c2ccc(F)cc2)s1. The summed E-state index contributed by atoms with van der Waals surface area (Å²) < 4.78 is 13.0. The molecule has 4 nitrogen and oxygen atoms in total. The molecule has 1 aromatic heterocycles. The number of thiazole rings is 1. The van der Waals surface area contributed by atoms with Gasteiger partial charge in [-0.05, 0) is 56.1 Å². The van der Waals surface area contributed by atoms with E-state index < -0.39 is 0 Å². The number of piperidine rings is 3. The van der Waals surface area contributed by atoms with Crippen molar-refractivity contribution >= 4 is 17.2 Å². The summed E-state index contributed by atoms with van der Waals surface area (Å²) in [5, 5.41) is 3.91. The lowest BCUT2D eigenvalue weighted by molar-refractivity contribution is 0.0622. The van der Waals surface area contributed by atoms with E-state index in [0.29, 0.717) is 10.8 Å². The zero-order valence-electron chi connectivity index (χ0n) is 12.7. The zero-order chi connectivity index (χ0) is 15.8. The van der Waals surface area contributed by atoms with Gasteiger partial charge in [0.2, 0.25) is 0 Å². The van der Waals surface area contributed by atoms with Crippen LogP contribution in [0.1, 0.15) is 22.5 Å². The molecule has 3 aliphatic rings. The molecule has 3 fully saturated rings. The van der Waals surface area contributed by atoms with E-state index in [0.717, 1.165) is 30.2 Å². The average molecular weight is 331 g/mol. The predicted octanol–water partition coefficient (Wildman–Crippen LogP) is 2.77. The summed E-state index contributed by atoms with van der Waals surface area (Å²) in [5.41, 5.74) is 0.832. The van der Waals surface area contributed by atoms with E-state index in [1.165, 1.54) is 36.3 Å². The fourth-order valence-corrected chi connectivity index (χ4v) is 4.30. The van der Waals surface area contributed by atoms with Crippen molar-refractivity contribution in [2.45, 2.75) is 18.9 Å². The topological polar surface area (TPSA) is 45.2 Å². The van der Waals surface area contributed by atoms with Crippen molar-refractivity contribution in [2.24, 2.45) is 5.92 Å². The van der Waals surface area contributed by atoms with Crippen molar-refractivity contribution in [2.75, 3.05) is 19.6 Å². The van der Waals surface area contributed by atoms with E-state index in [9.17, 15) is 9.18 Å². The van der Waals surface area contributed by atoms with Gasteiger partial charge in [0.1, 0.15) is 15.7 Å². The van der Waals surface area contributed by atoms with Crippen molar-refractivity contribution < 1.29 is 9.18 Å². The average Bonchev–Trinajstić information content (AvgIpc) is 3.07. The first-order valence-corrected chi connectivity index (χ1v) is 8.76. The second-order valence-corrected chi connectivity index (χ2v) is 7.29. The quantitative estimate of drug-likeness (QED) is 0.941. The second-order valence-electron chi connectivity index (χ2n) is 6.25. The molecule has 1 aromatic carbocycles. The van der Waals surface area contributed by atoms with Crippen molar-refractivity contribution in [3.8, 4) is 10.6 Å². The van der Waals surface area contributed by atoms with Crippen molar-refractivity contribution in [3.63, 3.8) is 0 Å². The molecule has 0 saturated carbocycles. The van der Waals surface area contributed by atoms with Gasteiger partial charge in [0, 0.05) is 18.2 Å². The normalized spacial score (nSPS) is 26.2. The van der Waals surface area contributed by atoms with Crippen LogP contribution in [0.5, 0.6) is 0 Å². The Morgan fingerprint density at radius 2 is 2.00 bits per heavy atom. The molecule has 120 valence electrons. The lowest BCUT2D eigenvalue weighted by atomic mass is 9.84. The van der Waals surface area contributed by atoms with Crippen LogP contribution >= 0.6 is 11.3 Å². The second kappa shape index (κ2) is 6.02. The van der Waals surface area contributed by atoms with E-state index in [4.69, 9.17) is 0 Å². The van der Waals surface area contributed by atoms with Gasteiger partial charge >= 0.3 is 0 Å². The molecule has 23 heavy (non-hydrogen) atoms. The number of carbonyl (C=O) groups excluding carboxylic acids is 1. The fourth-order valence-electron chi connectivity index (χ4n) is 3.47. The summed E-state index contributed by atoms with van der Waals surface area (Å²) in [6.45, 7) is 3.28. The highest BCUT2D eigenvalue weighted by Gasteiger charge is 2.35. The minimum atomic E-state index is -0.273. The molecule has 0 radical (unpaired) electrons. The molecule has 3 saturated heterocycles. The Hall–Kier alpha value is -1.79. The van der Waals surface area contributed by atoms with Gasteiger partial charge in [0.25, 0.3) is 5.91 Å². The van der Waals surface area contributed by atoms with E-state index in [1.807, 2.05) is 0 Å². The van der Waals surface area contributed by atoms with Gasteiger partial charge in [-0.1, -0.05) is 0 Å². The first kappa shape index (κ1) is 14.8. The number of hydrogen-bond donors (Lipinski definition) is 1. The highest BCUT2D eigenvalue weighted by Crippen LogP contribution is 2.29. The largest absolute Gasteiger partial charge is 0.347 e. The molecule has 3 aliphatic heterocycles. The van der Waals surface area contributed by atoms with Crippen molar-refractivity contribution in [1.82, 2.24) is 15.2 Å². The van der Waals surface area contributed by atoms with E-state index in [-0.39, 0.29) is 17.8 Å². The van der Waals surface area contributed by atoms with Gasteiger partial charge in [-0.3, -0.25) is 4.79 Å². The Balaban J connectivity index is 1.46. The number of nitrogens with zero attached hydrogens (tertiary/aromatic N) is 2. The lowest BCUT2D eigenvalue weighted by Gasteiger charge is -2.44. The molecule has 0 spiro atoms. The third-order valence-electron chi connectivity index (χ3n) is 4.79. The first-order chi connectivity index (χ1) is 11.2. The molecule has 4 heterocycles. The van der Waals surface area contributed by atoms with Gasteiger partial charge in [-0.2, -0.15) is 0 Å². The van der Waals surface area contributed by atoms with Crippen LogP contribution in [0.3, 0.4) is 0 Å². The maximum absolute atomic E-state index is 13.0. The van der Waals surface area contributed by atoms with Crippen LogP contribution in [0, 0.1) is 11.7 Å². The summed E-state index contributed by atoms with van der Waals surface area (Å²) in [7, 11) is 0. The van der Waals surface area contributed by atoms with Gasteiger partial charge in [0.15, 0.2) is 0 Å². The maximum Gasteiger partial charge on any atom is 0.263 e. The number of rotatable bonds is 3. The van der Waals surface area contributed by atoms with Crippen LogP contribution in [0.25, 0.3) is 10.6 Å². The van der Waals surface area contributed by atoms with Crippen LogP contribution in [0.15, 0.2) is 30.5 Å². The number of benzene rings is 1. The Morgan fingerprint density at radius 1 is 1.26 bits per heavy atom. The fraction of sp³-hybridized carbons (Fsp3) is 0.412. The number of amides is 1. The summed E-state index contributed by atoms with van der Waals surface area (Å²) in [4.78, 5) is 19.8. The number of hydrogen-bond acceptors (Lipinski definition) is 4. The summed E-state index contributed by atoms with van der Waals surface area (Å²) in [6, 6.07) is 6.43. The number of halogens is 1. The molecule has 2 bridgehead atoms. The van der Waals surface area contributed by atoms with Gasteiger partial charge in [-0.15, -0.1) is 11.3 Å². The van der Waals surface area contributed by atoms with Gasteiger partial charge in [-0.25, -0.2) is 9.37 Å². The monoisotopic (exact) mass is 331 g/mol. The molecule has 2 aromatic rings. The van der Waals surface area contributed by atoms with Crippen LogP contribution in [-0.4, -0.2) is 41.5 Å². The molecule has 1 atom stereocenters. The Labute approximate surface area is 138 Å². The zero-order valence-corrected chi connectivity index (χ0v) is 13.5. The maximum atomic E-state index is 13.0. The molecule has 0 unspecified atom stereocenters. The minimum Gasteiger partial charge on any atom is -0.347 e. The van der Waals surface area contributed by atoms with Crippen molar-refractivity contribution in [3.05, 3.63) is 41.2 Å². The Morgan fingerprint density at radius 3 is 2.65 bits per heavy atom. The highest BCUT2D eigenvalue weighted by atomic mass is 32.1.